The lowest BCUT2D eigenvalue weighted by Crippen LogP contribution is -2.48. The van der Waals surface area contributed by atoms with Crippen LogP contribution in [0.4, 0.5) is 0 Å². The average Bonchev–Trinajstić information content (AvgIpc) is 3.00. The topological polar surface area (TPSA) is 83.9 Å². The summed E-state index contributed by atoms with van der Waals surface area (Å²) >= 11 is 0. The number of ether oxygens (including phenoxy) is 1. The van der Waals surface area contributed by atoms with Crippen LogP contribution in [0.3, 0.4) is 0 Å². The average molecular weight is 345 g/mol. The Labute approximate surface area is 146 Å². The van der Waals surface area contributed by atoms with E-state index in [0.717, 1.165) is 25.7 Å². The van der Waals surface area contributed by atoms with Gasteiger partial charge in [0.2, 0.25) is 0 Å². The number of carboxylic acids is 1. The van der Waals surface area contributed by atoms with Crippen molar-refractivity contribution in [3.63, 3.8) is 0 Å². The largest absolute Gasteiger partial charge is 0.484 e. The summed E-state index contributed by atoms with van der Waals surface area (Å²) in [4.78, 5) is 37.2. The Morgan fingerprint density at radius 3 is 2.72 bits per heavy atom. The third-order valence-electron chi connectivity index (χ3n) is 5.26. The number of nitrogens with zero attached hydrogens (tertiary/aromatic N) is 1. The summed E-state index contributed by atoms with van der Waals surface area (Å²) in [5.74, 6) is -0.601. The fourth-order valence-electron chi connectivity index (χ4n) is 4.06. The number of likely N-dealkylation sites (tertiary alicyclic amines) is 1. The number of hydrogen-bond acceptors (Lipinski definition) is 4. The molecule has 1 saturated carbocycles. The van der Waals surface area contributed by atoms with Crippen LogP contribution in [0.1, 0.15) is 49.4 Å². The molecular weight excluding hydrogens is 322 g/mol. The number of hydrogen-bond donors (Lipinski definition) is 1. The van der Waals surface area contributed by atoms with Crippen LogP contribution < -0.4 is 4.74 Å². The predicted octanol–water partition coefficient (Wildman–Crippen LogP) is 2.51. The molecule has 0 unspecified atom stereocenters. The molecule has 1 aromatic carbocycles. The molecule has 0 bridgehead atoms. The van der Waals surface area contributed by atoms with E-state index in [1.165, 1.54) is 11.8 Å². The van der Waals surface area contributed by atoms with Gasteiger partial charge in [-0.15, -0.1) is 0 Å². The Balaban J connectivity index is 1.69. The molecule has 25 heavy (non-hydrogen) atoms. The Morgan fingerprint density at radius 1 is 1.24 bits per heavy atom. The Kier molecular flexibility index (Phi) is 5.06. The molecule has 0 spiro atoms. The fraction of sp³-hybridized carbons (Fsp3) is 0.526. The second-order valence-electron chi connectivity index (χ2n) is 6.88. The van der Waals surface area contributed by atoms with Crippen molar-refractivity contribution in [3.8, 4) is 5.75 Å². The number of amides is 1. The van der Waals surface area contributed by atoms with E-state index in [4.69, 9.17) is 4.74 Å². The molecule has 1 N–H and O–H groups in total. The van der Waals surface area contributed by atoms with E-state index < -0.39 is 12.0 Å². The van der Waals surface area contributed by atoms with E-state index in [1.807, 2.05) is 0 Å². The van der Waals surface area contributed by atoms with Crippen molar-refractivity contribution in [3.05, 3.63) is 29.8 Å². The maximum atomic E-state index is 12.7. The van der Waals surface area contributed by atoms with E-state index in [-0.39, 0.29) is 30.3 Å². The standard InChI is InChI=1S/C19H23NO5/c1-12(21)13-6-4-7-15(9-13)25-11-18(22)20-16-8-3-2-5-14(16)10-17(20)19(23)24/h4,6-7,9,14,16-17H,2-3,5,8,10-11H2,1H3,(H,23,24)/t14-,16-,17+/m1/s1. The molecule has 3 rings (SSSR count). The summed E-state index contributed by atoms with van der Waals surface area (Å²) in [6.07, 6.45) is 4.51. The van der Waals surface area contributed by atoms with Gasteiger partial charge in [0.15, 0.2) is 12.4 Å². The first-order chi connectivity index (χ1) is 12.0. The summed E-state index contributed by atoms with van der Waals surface area (Å²) in [5, 5.41) is 9.49. The molecular formula is C19H23NO5. The van der Waals surface area contributed by atoms with Gasteiger partial charge in [-0.1, -0.05) is 25.0 Å². The maximum Gasteiger partial charge on any atom is 0.326 e. The molecule has 2 aliphatic rings. The highest BCUT2D eigenvalue weighted by molar-refractivity contribution is 5.94. The molecule has 134 valence electrons. The van der Waals surface area contributed by atoms with Crippen LogP contribution in [0.15, 0.2) is 24.3 Å². The summed E-state index contributed by atoms with van der Waals surface area (Å²) in [6.45, 7) is 1.25. The van der Waals surface area contributed by atoms with Gasteiger partial charge in [-0.2, -0.15) is 0 Å². The first-order valence-corrected chi connectivity index (χ1v) is 8.75. The van der Waals surface area contributed by atoms with Crippen LogP contribution in [0.2, 0.25) is 0 Å². The van der Waals surface area contributed by atoms with Crippen molar-refractivity contribution in [2.24, 2.45) is 5.92 Å². The van der Waals surface area contributed by atoms with E-state index in [9.17, 15) is 19.5 Å². The molecule has 1 aliphatic heterocycles. The lowest BCUT2D eigenvalue weighted by molar-refractivity contribution is -0.150. The number of benzene rings is 1. The number of fused-ring (bicyclic) bond motifs is 1. The van der Waals surface area contributed by atoms with Crippen molar-refractivity contribution in [1.82, 2.24) is 4.90 Å². The van der Waals surface area contributed by atoms with Gasteiger partial charge in [0.1, 0.15) is 11.8 Å². The quantitative estimate of drug-likeness (QED) is 0.829. The molecule has 1 heterocycles. The minimum atomic E-state index is -0.943. The summed E-state index contributed by atoms with van der Waals surface area (Å²) < 4.78 is 5.54. The first-order valence-electron chi connectivity index (χ1n) is 8.75. The Hall–Kier alpha value is -2.37. The fourth-order valence-corrected chi connectivity index (χ4v) is 4.06. The molecule has 2 fully saturated rings. The second kappa shape index (κ2) is 7.25. The van der Waals surface area contributed by atoms with Crippen LogP contribution in [-0.4, -0.2) is 46.4 Å². The molecule has 1 amide bonds. The van der Waals surface area contributed by atoms with Gasteiger partial charge < -0.3 is 14.7 Å². The summed E-state index contributed by atoms with van der Waals surface area (Å²) in [6, 6.07) is 5.91. The third kappa shape index (κ3) is 3.67. The number of aliphatic carboxylic acids is 1. The van der Waals surface area contributed by atoms with Gasteiger partial charge in [-0.3, -0.25) is 9.59 Å². The summed E-state index contributed by atoms with van der Waals surface area (Å²) in [7, 11) is 0. The molecule has 1 aromatic rings. The van der Waals surface area contributed by atoms with E-state index in [1.54, 1.807) is 24.3 Å². The number of Topliss-reactive ketones (excluding diaryl/α,β-unsaturated/α-hetero) is 1. The smallest absolute Gasteiger partial charge is 0.326 e. The highest BCUT2D eigenvalue weighted by Gasteiger charge is 2.47. The zero-order valence-electron chi connectivity index (χ0n) is 14.3. The second-order valence-corrected chi connectivity index (χ2v) is 6.88. The van der Waals surface area contributed by atoms with Crippen molar-refractivity contribution in [1.29, 1.82) is 0 Å². The van der Waals surface area contributed by atoms with Crippen LogP contribution >= 0.6 is 0 Å². The molecule has 0 radical (unpaired) electrons. The molecule has 1 saturated heterocycles. The summed E-state index contributed by atoms with van der Waals surface area (Å²) in [5.41, 5.74) is 0.516. The SMILES string of the molecule is CC(=O)c1cccc(OCC(=O)N2[C@@H]3CCCC[C@@H]3C[C@H]2C(=O)O)c1. The number of ketones is 1. The van der Waals surface area contributed by atoms with E-state index in [2.05, 4.69) is 0 Å². The predicted molar refractivity (Wildman–Crippen MR) is 90.6 cm³/mol. The Morgan fingerprint density at radius 2 is 2.00 bits per heavy atom. The number of carboxylic acid groups (broad SMARTS) is 1. The normalized spacial score (nSPS) is 25.3. The zero-order valence-corrected chi connectivity index (χ0v) is 14.3. The van der Waals surface area contributed by atoms with Crippen LogP contribution in [0.5, 0.6) is 5.75 Å². The van der Waals surface area contributed by atoms with Gasteiger partial charge in [-0.05, 0) is 44.2 Å². The Bertz CT molecular complexity index is 686. The van der Waals surface area contributed by atoms with Crippen molar-refractivity contribution >= 4 is 17.7 Å². The van der Waals surface area contributed by atoms with Gasteiger partial charge in [0.25, 0.3) is 5.91 Å². The highest BCUT2D eigenvalue weighted by Crippen LogP contribution is 2.39. The van der Waals surface area contributed by atoms with Gasteiger partial charge >= 0.3 is 5.97 Å². The monoisotopic (exact) mass is 345 g/mol. The van der Waals surface area contributed by atoms with Gasteiger partial charge in [0, 0.05) is 11.6 Å². The minimum Gasteiger partial charge on any atom is -0.484 e. The molecule has 6 nitrogen and oxygen atoms in total. The molecule has 3 atom stereocenters. The van der Waals surface area contributed by atoms with Crippen LogP contribution in [0, 0.1) is 5.92 Å². The number of carbonyl (C=O) groups excluding carboxylic acids is 2. The zero-order chi connectivity index (χ0) is 18.0. The van der Waals surface area contributed by atoms with Crippen molar-refractivity contribution in [2.45, 2.75) is 51.1 Å². The van der Waals surface area contributed by atoms with Crippen molar-refractivity contribution in [2.75, 3.05) is 6.61 Å². The maximum absolute atomic E-state index is 12.7. The van der Waals surface area contributed by atoms with Crippen molar-refractivity contribution < 1.29 is 24.2 Å². The first kappa shape index (κ1) is 17.5. The minimum absolute atomic E-state index is 0.00880. The molecule has 1 aliphatic carbocycles. The highest BCUT2D eigenvalue weighted by atomic mass is 16.5. The van der Waals surface area contributed by atoms with E-state index in [0.29, 0.717) is 17.7 Å². The molecule has 0 aromatic heterocycles. The van der Waals surface area contributed by atoms with E-state index >= 15 is 0 Å². The van der Waals surface area contributed by atoms with Crippen LogP contribution in [-0.2, 0) is 9.59 Å². The molecule has 6 heteroatoms. The number of rotatable bonds is 5. The lowest BCUT2D eigenvalue weighted by Gasteiger charge is -2.32. The van der Waals surface area contributed by atoms with Gasteiger partial charge in [0.05, 0.1) is 0 Å². The van der Waals surface area contributed by atoms with Gasteiger partial charge in [-0.25, -0.2) is 4.79 Å². The third-order valence-corrected chi connectivity index (χ3v) is 5.26. The van der Waals surface area contributed by atoms with Crippen LogP contribution in [0.25, 0.3) is 0 Å². The lowest BCUT2D eigenvalue weighted by atomic mass is 9.85. The number of carbonyl (C=O) groups is 3.